The molecule has 0 aliphatic carbocycles. The first kappa shape index (κ1) is 18.5. The van der Waals surface area contributed by atoms with E-state index in [9.17, 15) is 4.79 Å². The molecule has 0 amide bonds. The highest BCUT2D eigenvalue weighted by atomic mass is 35.5. The highest BCUT2D eigenvalue weighted by Crippen LogP contribution is 2.24. The first-order valence-electron chi connectivity index (χ1n) is 7.94. The lowest BCUT2D eigenvalue weighted by atomic mass is 9.89. The molecule has 0 saturated heterocycles. The first-order chi connectivity index (χ1) is 11.4. The van der Waals surface area contributed by atoms with Crippen molar-refractivity contribution in [2.45, 2.75) is 33.5 Å². The molecular weight excluding hydrogens is 324 g/mol. The molecule has 2 aromatic rings. The minimum Gasteiger partial charge on any atom is -0.456 e. The molecule has 0 radical (unpaired) electrons. The van der Waals surface area contributed by atoms with Crippen LogP contribution in [0, 0.1) is 5.41 Å². The van der Waals surface area contributed by atoms with Gasteiger partial charge in [0.25, 0.3) is 0 Å². The van der Waals surface area contributed by atoms with Gasteiger partial charge in [-0.2, -0.15) is 0 Å². The Hall–Kier alpha value is -1.84. The van der Waals surface area contributed by atoms with Gasteiger partial charge in [-0.25, -0.2) is 4.79 Å². The molecule has 0 bridgehead atoms. The average Bonchev–Trinajstić information content (AvgIpc) is 2.54. The number of rotatable bonds is 6. The van der Waals surface area contributed by atoms with Gasteiger partial charge in [-0.1, -0.05) is 68.8 Å². The molecule has 2 rings (SSSR count). The monoisotopic (exact) mass is 346 g/mol. The number of esters is 1. The van der Waals surface area contributed by atoms with E-state index < -0.39 is 0 Å². The SMILES string of the molecule is CC(C)(C)C(COCc1ccccc1)OC(=O)c1cccc(Cl)c1. The van der Waals surface area contributed by atoms with Gasteiger partial charge >= 0.3 is 5.97 Å². The molecule has 0 saturated carbocycles. The van der Waals surface area contributed by atoms with Crippen molar-refractivity contribution in [3.8, 4) is 0 Å². The van der Waals surface area contributed by atoms with E-state index >= 15 is 0 Å². The molecule has 1 atom stereocenters. The van der Waals surface area contributed by atoms with E-state index in [4.69, 9.17) is 21.1 Å². The van der Waals surface area contributed by atoms with Gasteiger partial charge in [0.15, 0.2) is 0 Å². The highest BCUT2D eigenvalue weighted by Gasteiger charge is 2.29. The number of benzene rings is 2. The number of ether oxygens (including phenoxy) is 2. The van der Waals surface area contributed by atoms with E-state index in [2.05, 4.69) is 0 Å². The van der Waals surface area contributed by atoms with Crippen LogP contribution in [0.15, 0.2) is 54.6 Å². The van der Waals surface area contributed by atoms with E-state index in [1.807, 2.05) is 51.1 Å². The third-order valence-electron chi connectivity index (χ3n) is 3.66. The van der Waals surface area contributed by atoms with E-state index in [1.54, 1.807) is 24.3 Å². The minimum atomic E-state index is -0.388. The Kier molecular flexibility index (Phi) is 6.41. The van der Waals surface area contributed by atoms with Crippen molar-refractivity contribution in [3.05, 3.63) is 70.7 Å². The van der Waals surface area contributed by atoms with Crippen LogP contribution in [0.2, 0.25) is 5.02 Å². The molecule has 2 aromatic carbocycles. The summed E-state index contributed by atoms with van der Waals surface area (Å²) in [6.07, 6.45) is -0.354. The summed E-state index contributed by atoms with van der Waals surface area (Å²) < 4.78 is 11.4. The van der Waals surface area contributed by atoms with Crippen LogP contribution >= 0.6 is 11.6 Å². The van der Waals surface area contributed by atoms with Crippen molar-refractivity contribution in [1.82, 2.24) is 0 Å². The fourth-order valence-electron chi connectivity index (χ4n) is 2.13. The molecule has 0 aromatic heterocycles. The molecule has 3 nitrogen and oxygen atoms in total. The van der Waals surface area contributed by atoms with Gasteiger partial charge in [0.05, 0.1) is 18.8 Å². The second kappa shape index (κ2) is 8.32. The molecule has 128 valence electrons. The molecule has 0 heterocycles. The molecule has 4 heteroatoms. The van der Waals surface area contributed by atoms with Crippen molar-refractivity contribution in [2.75, 3.05) is 6.61 Å². The van der Waals surface area contributed by atoms with Crippen molar-refractivity contribution in [3.63, 3.8) is 0 Å². The zero-order valence-electron chi connectivity index (χ0n) is 14.3. The summed E-state index contributed by atoms with van der Waals surface area (Å²) in [4.78, 5) is 12.4. The van der Waals surface area contributed by atoms with Gasteiger partial charge in [0.1, 0.15) is 6.10 Å². The summed E-state index contributed by atoms with van der Waals surface area (Å²) in [5, 5.41) is 0.511. The summed E-state index contributed by atoms with van der Waals surface area (Å²) in [5.41, 5.74) is 1.30. The number of carbonyl (C=O) groups excluding carboxylic acids is 1. The lowest BCUT2D eigenvalue weighted by molar-refractivity contribution is -0.0484. The molecule has 0 spiro atoms. The highest BCUT2D eigenvalue weighted by molar-refractivity contribution is 6.30. The van der Waals surface area contributed by atoms with Crippen LogP contribution < -0.4 is 0 Å². The van der Waals surface area contributed by atoms with E-state index in [0.717, 1.165) is 5.56 Å². The van der Waals surface area contributed by atoms with Crippen LogP contribution in [0.1, 0.15) is 36.7 Å². The molecule has 0 aliphatic rings. The lowest BCUT2D eigenvalue weighted by Crippen LogP contribution is -2.35. The van der Waals surface area contributed by atoms with Gasteiger partial charge in [0, 0.05) is 10.4 Å². The van der Waals surface area contributed by atoms with Gasteiger partial charge in [-0.3, -0.25) is 0 Å². The Morgan fingerprint density at radius 1 is 1.08 bits per heavy atom. The predicted octanol–water partition coefficient (Wildman–Crippen LogP) is 5.13. The smallest absolute Gasteiger partial charge is 0.338 e. The fraction of sp³-hybridized carbons (Fsp3) is 0.350. The predicted molar refractivity (Wildman–Crippen MR) is 96.2 cm³/mol. The Labute approximate surface area is 148 Å². The Balaban J connectivity index is 1.97. The minimum absolute atomic E-state index is 0.231. The van der Waals surface area contributed by atoms with Crippen LogP contribution in [-0.4, -0.2) is 18.7 Å². The number of hydrogen-bond acceptors (Lipinski definition) is 3. The van der Waals surface area contributed by atoms with E-state index in [1.165, 1.54) is 0 Å². The van der Waals surface area contributed by atoms with Crippen LogP contribution in [0.3, 0.4) is 0 Å². The number of halogens is 1. The van der Waals surface area contributed by atoms with Gasteiger partial charge in [-0.15, -0.1) is 0 Å². The topological polar surface area (TPSA) is 35.5 Å². The summed E-state index contributed by atoms with van der Waals surface area (Å²) >= 11 is 5.93. The van der Waals surface area contributed by atoms with Crippen LogP contribution in [0.25, 0.3) is 0 Å². The molecule has 0 fully saturated rings. The third kappa shape index (κ3) is 5.66. The van der Waals surface area contributed by atoms with E-state index in [-0.39, 0.29) is 17.5 Å². The Morgan fingerprint density at radius 3 is 2.42 bits per heavy atom. The van der Waals surface area contributed by atoms with Crippen LogP contribution in [-0.2, 0) is 16.1 Å². The van der Waals surface area contributed by atoms with Gasteiger partial charge < -0.3 is 9.47 Å². The number of carbonyl (C=O) groups is 1. The van der Waals surface area contributed by atoms with Crippen LogP contribution in [0.5, 0.6) is 0 Å². The summed E-state index contributed by atoms with van der Waals surface area (Å²) in [7, 11) is 0. The zero-order valence-corrected chi connectivity index (χ0v) is 15.0. The molecule has 0 aliphatic heterocycles. The Morgan fingerprint density at radius 2 is 1.79 bits per heavy atom. The molecule has 0 N–H and O–H groups in total. The molecule has 1 unspecified atom stereocenters. The standard InChI is InChI=1S/C20H23ClO3/c1-20(2,3)18(14-23-13-15-8-5-4-6-9-15)24-19(22)16-10-7-11-17(21)12-16/h4-12,18H,13-14H2,1-3H3. The second-order valence-corrected chi connectivity index (χ2v) is 7.21. The summed E-state index contributed by atoms with van der Waals surface area (Å²) in [5.74, 6) is -0.388. The largest absolute Gasteiger partial charge is 0.456 e. The second-order valence-electron chi connectivity index (χ2n) is 6.77. The quantitative estimate of drug-likeness (QED) is 0.680. The summed E-state index contributed by atoms with van der Waals surface area (Å²) in [6.45, 7) is 6.89. The van der Waals surface area contributed by atoms with Crippen molar-refractivity contribution in [1.29, 1.82) is 0 Å². The lowest BCUT2D eigenvalue weighted by Gasteiger charge is -2.30. The van der Waals surface area contributed by atoms with Crippen molar-refractivity contribution >= 4 is 17.6 Å². The maximum atomic E-state index is 12.4. The van der Waals surface area contributed by atoms with E-state index in [0.29, 0.717) is 23.8 Å². The summed E-state index contributed by atoms with van der Waals surface area (Å²) in [6, 6.07) is 16.7. The fourth-order valence-corrected chi connectivity index (χ4v) is 2.32. The maximum Gasteiger partial charge on any atom is 0.338 e. The zero-order chi connectivity index (χ0) is 17.6. The van der Waals surface area contributed by atoms with Gasteiger partial charge in [0.2, 0.25) is 0 Å². The first-order valence-corrected chi connectivity index (χ1v) is 8.32. The molecular formula is C20H23ClO3. The Bertz CT molecular complexity index is 662. The van der Waals surface area contributed by atoms with Crippen molar-refractivity contribution in [2.24, 2.45) is 5.41 Å². The van der Waals surface area contributed by atoms with Crippen molar-refractivity contribution < 1.29 is 14.3 Å². The normalized spacial score (nSPS) is 12.7. The number of hydrogen-bond donors (Lipinski definition) is 0. The molecule has 24 heavy (non-hydrogen) atoms. The van der Waals surface area contributed by atoms with Crippen LogP contribution in [0.4, 0.5) is 0 Å². The maximum absolute atomic E-state index is 12.4. The average molecular weight is 347 g/mol. The third-order valence-corrected chi connectivity index (χ3v) is 3.89. The van der Waals surface area contributed by atoms with Gasteiger partial charge in [-0.05, 0) is 23.8 Å².